The number of hydrogen-bond donors (Lipinski definition) is 8. The molecule has 8 N–H and O–H groups in total. The van der Waals surface area contributed by atoms with Crippen molar-refractivity contribution in [2.75, 3.05) is 80.2 Å². The summed E-state index contributed by atoms with van der Waals surface area (Å²) in [5.74, 6) is 1.12. The molecule has 6 aromatic carbocycles. The van der Waals surface area contributed by atoms with Crippen LogP contribution < -0.4 is 31.9 Å². The van der Waals surface area contributed by atoms with Crippen LogP contribution >= 0.6 is 0 Å². The largest absolute Gasteiger partial charge is 0.338 e. The molecule has 95 heavy (non-hydrogen) atoms. The zero-order chi connectivity index (χ0) is 65.4. The van der Waals surface area contributed by atoms with E-state index in [0.717, 1.165) is 57.9 Å². The number of halogens is 2. The molecule has 0 unspecified atom stereocenters. The van der Waals surface area contributed by atoms with Crippen molar-refractivity contribution in [2.45, 2.75) is 44.6 Å². The minimum Gasteiger partial charge on any atom is -0.338 e. The Hall–Kier alpha value is -11.7. The molecule has 2 saturated heterocycles. The van der Waals surface area contributed by atoms with Crippen LogP contribution in [-0.4, -0.2) is 161 Å². The lowest BCUT2D eigenvalue weighted by Gasteiger charge is -2.34. The first-order valence-electron chi connectivity index (χ1n) is 31.4. The molecule has 6 heterocycles. The number of aromatic amines is 2. The second kappa shape index (κ2) is 28.0. The lowest BCUT2D eigenvalue weighted by atomic mass is 10.0. The molecule has 4 aliphatic rings. The van der Waals surface area contributed by atoms with Crippen LogP contribution in [-0.2, 0) is 22.4 Å². The number of piperazine rings is 2. The maximum absolute atomic E-state index is 13.4. The van der Waals surface area contributed by atoms with E-state index < -0.39 is 11.6 Å². The molecule has 14 rings (SSSR count). The van der Waals surface area contributed by atoms with Crippen LogP contribution in [0, 0.1) is 17.6 Å². The van der Waals surface area contributed by atoms with Gasteiger partial charge in [0.2, 0.25) is 11.8 Å². The fourth-order valence-electron chi connectivity index (χ4n) is 11.2. The number of carbonyl (C=O) groups excluding carboxylic acids is 6. The molecule has 10 aromatic rings. The number of nitrogens with zero attached hydrogens (tertiary/aromatic N) is 10. The van der Waals surface area contributed by atoms with Crippen molar-refractivity contribution in [2.24, 2.45) is 5.92 Å². The highest BCUT2D eigenvalue weighted by molar-refractivity contribution is 5.98. The van der Waals surface area contributed by atoms with Crippen LogP contribution in [0.4, 0.5) is 53.0 Å². The van der Waals surface area contributed by atoms with Crippen LogP contribution in [0.25, 0.3) is 44.1 Å². The normalized spacial score (nSPS) is 14.5. The Bertz CT molecular complexity index is 4490. The Morgan fingerprint density at radius 3 is 1.33 bits per heavy atom. The Labute approximate surface area is 543 Å². The minimum atomic E-state index is -0.428. The number of H-pyrrole nitrogens is 2. The standard InChI is InChI=1S/C35H34FN9O3.C34H32FN9O3/c36-26-2-1-3-27(17-26)40-32(46)19-28-18-31(43-42-28)41-33-29-11-10-25(16-30(29)38-21-39-33)23-6-8-24(9-7-23)34(47)44-12-14-45(15-13-44)35(48)37-20-22-4-5-22;35-24-2-1-3-26(17-24)38-31(45)19-27-18-30(42-41-27)40-32-28-11-8-23(16-29(28)36-20-37-32)21-4-6-22(7-5-21)33(46)43-12-14-44(15-13-43)34(47)39-25-9-10-25/h1-3,6-11,16-18,21-22H,4-5,12-15,19-20H2,(H,37,48)(H,40,46)(H2,38,39,41,42,43);1-8,11,16-18,20,25H,9-10,12-15,19H2,(H,38,45)(H,39,47)(H2,36,37,40,41,42). The van der Waals surface area contributed by atoms with Gasteiger partial charge in [-0.2, -0.15) is 10.2 Å². The van der Waals surface area contributed by atoms with Crippen LogP contribution in [0.5, 0.6) is 0 Å². The van der Waals surface area contributed by atoms with Gasteiger partial charge in [0.1, 0.15) is 35.9 Å². The van der Waals surface area contributed by atoms with Gasteiger partial charge in [-0.05, 0) is 139 Å². The highest BCUT2D eigenvalue weighted by Crippen LogP contribution is 2.32. The van der Waals surface area contributed by atoms with Gasteiger partial charge in [-0.1, -0.05) is 48.5 Å². The zero-order valence-electron chi connectivity index (χ0n) is 51.4. The monoisotopic (exact) mass is 1280 g/mol. The van der Waals surface area contributed by atoms with Gasteiger partial charge >= 0.3 is 12.1 Å². The summed E-state index contributed by atoms with van der Waals surface area (Å²) in [7, 11) is 0. The van der Waals surface area contributed by atoms with Crippen molar-refractivity contribution >= 4 is 92.1 Å². The van der Waals surface area contributed by atoms with Gasteiger partial charge in [0.05, 0.1) is 23.9 Å². The maximum atomic E-state index is 13.4. The Morgan fingerprint density at radius 1 is 0.463 bits per heavy atom. The average molecular weight is 1280 g/mol. The van der Waals surface area contributed by atoms with E-state index in [0.29, 0.717) is 127 Å². The fourth-order valence-corrected chi connectivity index (χ4v) is 11.2. The van der Waals surface area contributed by atoms with E-state index in [1.54, 1.807) is 43.9 Å². The molecule has 0 radical (unpaired) electrons. The topological polar surface area (TPSA) is 296 Å². The summed E-state index contributed by atoms with van der Waals surface area (Å²) in [6.07, 6.45) is 7.46. The molecule has 0 bridgehead atoms. The molecule has 2 saturated carbocycles. The molecule has 8 amide bonds. The number of anilines is 6. The minimum absolute atomic E-state index is 0.0269. The van der Waals surface area contributed by atoms with Crippen molar-refractivity contribution < 1.29 is 37.5 Å². The van der Waals surface area contributed by atoms with E-state index in [1.165, 1.54) is 61.9 Å². The van der Waals surface area contributed by atoms with E-state index in [-0.39, 0.29) is 48.5 Å². The van der Waals surface area contributed by atoms with E-state index in [1.807, 2.05) is 84.9 Å². The third kappa shape index (κ3) is 15.8. The number of nitrogens with one attached hydrogen (secondary N) is 8. The summed E-state index contributed by atoms with van der Waals surface area (Å²) in [6, 6.07) is 41.8. The van der Waals surface area contributed by atoms with Crippen LogP contribution in [0.2, 0.25) is 0 Å². The van der Waals surface area contributed by atoms with Gasteiger partial charge < -0.3 is 51.5 Å². The lowest BCUT2D eigenvalue weighted by Crippen LogP contribution is -2.53. The summed E-state index contributed by atoms with van der Waals surface area (Å²) in [5, 5.41) is 33.5. The zero-order valence-corrected chi connectivity index (χ0v) is 51.4. The smallest absolute Gasteiger partial charge is 0.317 e. The third-order valence-electron chi connectivity index (χ3n) is 16.7. The number of hydrogen-bond acceptors (Lipinski definition) is 14. The maximum Gasteiger partial charge on any atom is 0.317 e. The van der Waals surface area contributed by atoms with E-state index >= 15 is 0 Å². The average Bonchev–Trinajstić information content (AvgIpc) is 1.78. The van der Waals surface area contributed by atoms with Crippen molar-refractivity contribution in [1.82, 2.24) is 70.6 Å². The van der Waals surface area contributed by atoms with Gasteiger partial charge in [-0.15, -0.1) is 0 Å². The molecule has 4 aromatic heterocycles. The second-order valence-corrected chi connectivity index (χ2v) is 23.8. The summed E-state index contributed by atoms with van der Waals surface area (Å²) in [4.78, 5) is 101. The van der Waals surface area contributed by atoms with Gasteiger partial charge in [-0.3, -0.25) is 29.4 Å². The summed E-state index contributed by atoms with van der Waals surface area (Å²) >= 11 is 0. The molecule has 2 aliphatic carbocycles. The molecular formula is C69H66F2N18O6. The second-order valence-electron chi connectivity index (χ2n) is 23.8. The predicted octanol–water partition coefficient (Wildman–Crippen LogP) is 9.67. The highest BCUT2D eigenvalue weighted by atomic mass is 19.1. The summed E-state index contributed by atoms with van der Waals surface area (Å²) in [6.45, 7) is 4.84. The number of rotatable bonds is 17. The quantitative estimate of drug-likeness (QED) is 0.0421. The van der Waals surface area contributed by atoms with Crippen molar-refractivity contribution in [3.8, 4) is 22.3 Å². The van der Waals surface area contributed by atoms with Crippen molar-refractivity contribution in [3.05, 3.63) is 192 Å². The Kier molecular flexibility index (Phi) is 18.3. The third-order valence-corrected chi connectivity index (χ3v) is 16.7. The fraction of sp³-hybridized carbons (Fsp3) is 0.246. The van der Waals surface area contributed by atoms with Crippen molar-refractivity contribution in [1.29, 1.82) is 0 Å². The van der Waals surface area contributed by atoms with Gasteiger partial charge in [0, 0.05) is 122 Å². The number of benzene rings is 6. The number of aromatic nitrogens is 8. The van der Waals surface area contributed by atoms with Gasteiger partial charge in [-0.25, -0.2) is 38.3 Å². The molecule has 2 aliphatic heterocycles. The molecule has 0 atom stereocenters. The first-order chi connectivity index (χ1) is 46.2. The predicted molar refractivity (Wildman–Crippen MR) is 354 cm³/mol. The number of urea groups is 2. The first-order valence-corrected chi connectivity index (χ1v) is 31.4. The van der Waals surface area contributed by atoms with Crippen molar-refractivity contribution in [3.63, 3.8) is 0 Å². The van der Waals surface area contributed by atoms with Crippen LogP contribution in [0.1, 0.15) is 57.8 Å². The Balaban J connectivity index is 0.000000172. The molecular weight excluding hydrogens is 1210 g/mol. The Morgan fingerprint density at radius 2 is 0.895 bits per heavy atom. The lowest BCUT2D eigenvalue weighted by molar-refractivity contribution is -0.116. The molecule has 482 valence electrons. The summed E-state index contributed by atoms with van der Waals surface area (Å²) < 4.78 is 26.8. The number of carbonyl (C=O) groups is 6. The summed E-state index contributed by atoms with van der Waals surface area (Å²) in [5.41, 5.74) is 8.28. The number of fused-ring (bicyclic) bond motifs is 2. The molecule has 0 spiro atoms. The SMILES string of the molecule is O=C(Cc1cc(Nc2ncnc3cc(-c4ccc(C(=O)N5CCN(C(=O)NC6CC6)CC5)cc4)ccc23)n[nH]1)Nc1cccc(F)c1.O=C(Cc1cc(Nc2ncnc3cc(-c4ccc(C(=O)N5CCN(C(=O)NCC6CC6)CC5)cc4)ccc23)n[nH]1)Nc1cccc(F)c1. The van der Waals surface area contributed by atoms with E-state index in [4.69, 9.17) is 0 Å². The number of amides is 8. The molecule has 24 nitrogen and oxygen atoms in total. The van der Waals surface area contributed by atoms with Gasteiger partial charge in [0.25, 0.3) is 11.8 Å². The van der Waals surface area contributed by atoms with Crippen LogP contribution in [0.15, 0.2) is 158 Å². The van der Waals surface area contributed by atoms with E-state index in [9.17, 15) is 37.5 Å². The van der Waals surface area contributed by atoms with E-state index in [2.05, 4.69) is 72.2 Å². The van der Waals surface area contributed by atoms with Crippen LogP contribution in [0.3, 0.4) is 0 Å². The highest BCUT2D eigenvalue weighted by Gasteiger charge is 2.30. The van der Waals surface area contributed by atoms with Gasteiger partial charge in [0.15, 0.2) is 11.6 Å². The molecule has 26 heteroatoms. The molecule has 4 fully saturated rings. The first kappa shape index (κ1) is 62.1.